The molecule has 1 aromatic rings. The summed E-state index contributed by atoms with van der Waals surface area (Å²) in [6.45, 7) is 4.16. The van der Waals surface area contributed by atoms with Crippen molar-refractivity contribution < 1.29 is 14.7 Å². The summed E-state index contributed by atoms with van der Waals surface area (Å²) >= 11 is 11.8. The molecule has 114 valence electrons. The average Bonchev–Trinajstić information content (AvgIpc) is 2.34. The van der Waals surface area contributed by atoms with Crippen LogP contribution in [0.1, 0.15) is 37.0 Å². The second kappa shape index (κ2) is 5.85. The molecule has 1 amide bonds. The van der Waals surface area contributed by atoms with Crippen LogP contribution in [0.25, 0.3) is 0 Å². The topological polar surface area (TPSA) is 57.6 Å². The normalized spacial score (nSPS) is 21.1. The molecule has 1 aliphatic rings. The molecular formula is C15H17Cl2NO3. The molecule has 0 saturated carbocycles. The van der Waals surface area contributed by atoms with E-state index < -0.39 is 17.4 Å². The van der Waals surface area contributed by atoms with Gasteiger partial charge in [-0.05, 0) is 36.5 Å². The van der Waals surface area contributed by atoms with Crippen LogP contribution in [0.2, 0.25) is 10.0 Å². The number of carboxylic acids is 1. The number of carbonyl (C=O) groups excluding carboxylic acids is 1. The summed E-state index contributed by atoms with van der Waals surface area (Å²) in [6.07, 6.45) is 1.54. The smallest absolute Gasteiger partial charge is 0.326 e. The van der Waals surface area contributed by atoms with Gasteiger partial charge in [-0.3, -0.25) is 4.79 Å². The molecule has 2 rings (SSSR count). The van der Waals surface area contributed by atoms with Crippen molar-refractivity contribution in [3.63, 3.8) is 0 Å². The van der Waals surface area contributed by atoms with Gasteiger partial charge in [-0.2, -0.15) is 0 Å². The molecule has 1 N–H and O–H groups in total. The minimum absolute atomic E-state index is 0.316. The molecule has 1 aromatic carbocycles. The molecule has 6 heteroatoms. The third-order valence-electron chi connectivity index (χ3n) is 3.88. The van der Waals surface area contributed by atoms with Gasteiger partial charge in [0.2, 0.25) is 0 Å². The highest BCUT2D eigenvalue weighted by molar-refractivity contribution is 6.35. The molecule has 0 radical (unpaired) electrons. The third kappa shape index (κ3) is 3.33. The Bertz CT molecular complexity index is 566. The Hall–Kier alpha value is -1.26. The molecule has 1 unspecified atom stereocenters. The number of benzene rings is 1. The summed E-state index contributed by atoms with van der Waals surface area (Å²) in [5.41, 5.74) is -0.154. The second-order valence-electron chi connectivity index (χ2n) is 5.99. The summed E-state index contributed by atoms with van der Waals surface area (Å²) < 4.78 is 0. The van der Waals surface area contributed by atoms with Gasteiger partial charge in [-0.15, -0.1) is 0 Å². The highest BCUT2D eigenvalue weighted by atomic mass is 35.5. The number of carboxylic acid groups (broad SMARTS) is 1. The zero-order chi connectivity index (χ0) is 15.8. The Balaban J connectivity index is 2.38. The molecule has 21 heavy (non-hydrogen) atoms. The average molecular weight is 330 g/mol. The first-order valence-corrected chi connectivity index (χ1v) is 7.48. The van der Waals surface area contributed by atoms with Crippen LogP contribution >= 0.6 is 23.2 Å². The standard InChI is InChI=1S/C15H17Cl2NO3/c1-15(2)4-3-5-18(12(15)14(20)21)13(19)9-6-10(16)8-11(17)7-9/h6-8,12H,3-5H2,1-2H3,(H,20,21). The molecule has 0 spiro atoms. The SMILES string of the molecule is CC1(C)CCCN(C(=O)c2cc(Cl)cc(Cl)c2)C1C(=O)O. The molecule has 0 aromatic heterocycles. The zero-order valence-corrected chi connectivity index (χ0v) is 13.4. The fourth-order valence-electron chi connectivity index (χ4n) is 2.92. The van der Waals surface area contributed by atoms with Crippen molar-refractivity contribution in [2.75, 3.05) is 6.54 Å². The van der Waals surface area contributed by atoms with Gasteiger partial charge in [0.25, 0.3) is 5.91 Å². The van der Waals surface area contributed by atoms with Crippen LogP contribution in [0.5, 0.6) is 0 Å². The molecule has 1 aliphatic heterocycles. The van der Waals surface area contributed by atoms with E-state index in [1.54, 1.807) is 0 Å². The number of rotatable bonds is 2. The van der Waals surface area contributed by atoms with E-state index in [4.69, 9.17) is 23.2 Å². The van der Waals surface area contributed by atoms with E-state index in [1.165, 1.54) is 23.1 Å². The minimum Gasteiger partial charge on any atom is -0.480 e. The van der Waals surface area contributed by atoms with Gasteiger partial charge in [0.1, 0.15) is 6.04 Å². The number of likely N-dealkylation sites (tertiary alicyclic amines) is 1. The van der Waals surface area contributed by atoms with E-state index >= 15 is 0 Å². The van der Waals surface area contributed by atoms with Gasteiger partial charge in [-0.25, -0.2) is 4.79 Å². The lowest BCUT2D eigenvalue weighted by Crippen LogP contribution is -2.56. The zero-order valence-electron chi connectivity index (χ0n) is 11.9. The number of halogens is 2. The van der Waals surface area contributed by atoms with Gasteiger partial charge >= 0.3 is 5.97 Å². The van der Waals surface area contributed by atoms with Crippen molar-refractivity contribution in [3.05, 3.63) is 33.8 Å². The van der Waals surface area contributed by atoms with Crippen molar-refractivity contribution in [1.29, 1.82) is 0 Å². The molecular weight excluding hydrogens is 313 g/mol. The Morgan fingerprint density at radius 2 is 1.81 bits per heavy atom. The quantitative estimate of drug-likeness (QED) is 0.899. The van der Waals surface area contributed by atoms with Crippen molar-refractivity contribution in [1.82, 2.24) is 4.90 Å². The molecule has 0 bridgehead atoms. The van der Waals surface area contributed by atoms with Crippen molar-refractivity contribution >= 4 is 35.1 Å². The molecule has 0 aliphatic carbocycles. The lowest BCUT2D eigenvalue weighted by atomic mass is 9.76. The van der Waals surface area contributed by atoms with E-state index in [2.05, 4.69) is 0 Å². The number of aliphatic carboxylic acids is 1. The molecule has 1 atom stereocenters. The monoisotopic (exact) mass is 329 g/mol. The van der Waals surface area contributed by atoms with Gasteiger partial charge in [0.05, 0.1) is 0 Å². The fraction of sp³-hybridized carbons (Fsp3) is 0.467. The van der Waals surface area contributed by atoms with Crippen molar-refractivity contribution in [3.8, 4) is 0 Å². The van der Waals surface area contributed by atoms with Crippen LogP contribution in [-0.2, 0) is 4.79 Å². The molecule has 1 heterocycles. The first-order valence-electron chi connectivity index (χ1n) is 6.72. The van der Waals surface area contributed by atoms with Crippen molar-refractivity contribution in [2.45, 2.75) is 32.7 Å². The molecule has 1 saturated heterocycles. The summed E-state index contributed by atoms with van der Waals surface area (Å²) in [4.78, 5) is 25.7. The number of amides is 1. The molecule has 1 fully saturated rings. The number of hydrogen-bond donors (Lipinski definition) is 1. The van der Waals surface area contributed by atoms with Crippen LogP contribution < -0.4 is 0 Å². The maximum Gasteiger partial charge on any atom is 0.326 e. The van der Waals surface area contributed by atoms with Gasteiger partial charge in [0, 0.05) is 22.2 Å². The maximum absolute atomic E-state index is 12.7. The van der Waals surface area contributed by atoms with E-state index in [9.17, 15) is 14.7 Å². The predicted octanol–water partition coefficient (Wildman–Crippen LogP) is 3.71. The predicted molar refractivity (Wildman–Crippen MR) is 81.9 cm³/mol. The first-order chi connectivity index (χ1) is 9.72. The van der Waals surface area contributed by atoms with E-state index in [0.717, 1.165) is 12.8 Å². The number of nitrogens with zero attached hydrogens (tertiary/aromatic N) is 1. The van der Waals surface area contributed by atoms with E-state index in [1.807, 2.05) is 13.8 Å². The maximum atomic E-state index is 12.7. The van der Waals surface area contributed by atoms with Gasteiger partial charge in [0.15, 0.2) is 0 Å². The summed E-state index contributed by atoms with van der Waals surface area (Å²) in [6, 6.07) is 3.71. The lowest BCUT2D eigenvalue weighted by Gasteiger charge is -2.44. The highest BCUT2D eigenvalue weighted by Crippen LogP contribution is 2.36. The van der Waals surface area contributed by atoms with Crippen molar-refractivity contribution in [2.24, 2.45) is 5.41 Å². The highest BCUT2D eigenvalue weighted by Gasteiger charge is 2.44. The Labute approximate surface area is 133 Å². The van der Waals surface area contributed by atoms with Crippen LogP contribution in [-0.4, -0.2) is 34.5 Å². The van der Waals surface area contributed by atoms with Crippen LogP contribution in [0.3, 0.4) is 0 Å². The fourth-order valence-corrected chi connectivity index (χ4v) is 3.45. The Morgan fingerprint density at radius 1 is 1.24 bits per heavy atom. The van der Waals surface area contributed by atoms with Crippen LogP contribution in [0, 0.1) is 5.41 Å². The first kappa shape index (κ1) is 16.1. The van der Waals surface area contributed by atoms with Gasteiger partial charge < -0.3 is 10.0 Å². The summed E-state index contributed by atoms with van der Waals surface area (Å²) in [7, 11) is 0. The Kier molecular flexibility index (Phi) is 4.49. The second-order valence-corrected chi connectivity index (χ2v) is 6.86. The van der Waals surface area contributed by atoms with E-state index in [-0.39, 0.29) is 5.91 Å². The summed E-state index contributed by atoms with van der Waals surface area (Å²) in [5, 5.41) is 10.2. The van der Waals surface area contributed by atoms with Crippen LogP contribution in [0.4, 0.5) is 0 Å². The largest absolute Gasteiger partial charge is 0.480 e. The lowest BCUT2D eigenvalue weighted by molar-refractivity contribution is -0.148. The summed E-state index contributed by atoms with van der Waals surface area (Å²) in [5.74, 6) is -1.33. The van der Waals surface area contributed by atoms with E-state index in [0.29, 0.717) is 22.2 Å². The molecule has 4 nitrogen and oxygen atoms in total. The number of carbonyl (C=O) groups is 2. The Morgan fingerprint density at radius 3 is 2.33 bits per heavy atom. The van der Waals surface area contributed by atoms with Crippen LogP contribution in [0.15, 0.2) is 18.2 Å². The van der Waals surface area contributed by atoms with Gasteiger partial charge in [-0.1, -0.05) is 37.0 Å². The number of hydrogen-bond acceptors (Lipinski definition) is 2. The third-order valence-corrected chi connectivity index (χ3v) is 4.31. The minimum atomic E-state index is -0.985. The number of piperidine rings is 1.